The number of hydrogen-bond donors (Lipinski definition) is 0. The number of hydrogen-bond acceptors (Lipinski definition) is 6. The molecule has 0 unspecified atom stereocenters. The van der Waals surface area contributed by atoms with Gasteiger partial charge in [0.1, 0.15) is 17.5 Å². The normalized spacial score (nSPS) is 18.9. The van der Waals surface area contributed by atoms with Crippen molar-refractivity contribution in [2.45, 2.75) is 58.3 Å². The third kappa shape index (κ3) is 3.27. The van der Waals surface area contributed by atoms with E-state index in [2.05, 4.69) is 54.9 Å². The molecule has 6 rings (SSSR count). The van der Waals surface area contributed by atoms with Crippen LogP contribution in [0, 0.1) is 6.92 Å². The molecule has 3 aliphatic rings. The Hall–Kier alpha value is -2.80. The summed E-state index contributed by atoms with van der Waals surface area (Å²) in [5, 5.41) is 9.00. The van der Waals surface area contributed by atoms with Crippen LogP contribution in [-0.4, -0.2) is 42.7 Å². The van der Waals surface area contributed by atoms with Crippen molar-refractivity contribution in [2.24, 2.45) is 0 Å². The number of benzene rings is 1. The Kier molecular flexibility index (Phi) is 4.30. The molecule has 3 aromatic rings. The fourth-order valence-corrected chi connectivity index (χ4v) is 4.83. The van der Waals surface area contributed by atoms with Crippen LogP contribution in [0.5, 0.6) is 0 Å². The molecule has 0 spiro atoms. The van der Waals surface area contributed by atoms with E-state index < -0.39 is 0 Å². The highest BCUT2D eigenvalue weighted by atomic mass is 15.4. The molecule has 30 heavy (non-hydrogen) atoms. The van der Waals surface area contributed by atoms with Crippen LogP contribution in [-0.2, 0) is 32.6 Å². The average Bonchev–Trinajstić information content (AvgIpc) is 3.52. The van der Waals surface area contributed by atoms with Gasteiger partial charge in [0.2, 0.25) is 0 Å². The van der Waals surface area contributed by atoms with Gasteiger partial charge in [-0.05, 0) is 31.7 Å². The zero-order valence-corrected chi connectivity index (χ0v) is 17.5. The molecule has 0 amide bonds. The summed E-state index contributed by atoms with van der Waals surface area (Å²) in [6, 6.07) is 10.7. The fraction of sp³-hybridized carbons (Fsp3) is 0.478. The van der Waals surface area contributed by atoms with Gasteiger partial charge in [-0.15, -0.1) is 10.2 Å². The lowest BCUT2D eigenvalue weighted by molar-refractivity contribution is 0.241. The SMILES string of the molecule is Cc1nc2c(c(N3CCn4c(nnc4C4CC4)C3)n1)CCN(Cc1ccccc1)C2. The van der Waals surface area contributed by atoms with E-state index in [0.717, 1.165) is 63.2 Å². The summed E-state index contributed by atoms with van der Waals surface area (Å²) in [6.45, 7) is 7.60. The van der Waals surface area contributed by atoms with Crippen molar-refractivity contribution >= 4 is 5.82 Å². The summed E-state index contributed by atoms with van der Waals surface area (Å²) in [7, 11) is 0. The molecule has 1 saturated carbocycles. The smallest absolute Gasteiger partial charge is 0.152 e. The highest BCUT2D eigenvalue weighted by Gasteiger charge is 2.33. The van der Waals surface area contributed by atoms with Crippen molar-refractivity contribution in [3.8, 4) is 0 Å². The number of aryl methyl sites for hydroxylation is 1. The topological polar surface area (TPSA) is 63.0 Å². The molecular weight excluding hydrogens is 374 g/mol. The number of fused-ring (bicyclic) bond motifs is 2. The minimum Gasteiger partial charge on any atom is -0.347 e. The summed E-state index contributed by atoms with van der Waals surface area (Å²) in [5.41, 5.74) is 3.86. The minimum atomic E-state index is 0.641. The molecule has 2 aliphatic heterocycles. The van der Waals surface area contributed by atoms with Gasteiger partial charge in [-0.25, -0.2) is 9.97 Å². The van der Waals surface area contributed by atoms with Crippen LogP contribution in [0.4, 0.5) is 5.82 Å². The van der Waals surface area contributed by atoms with Gasteiger partial charge in [-0.3, -0.25) is 4.90 Å². The van der Waals surface area contributed by atoms with Crippen LogP contribution in [0.15, 0.2) is 30.3 Å². The molecule has 4 heterocycles. The number of nitrogens with zero attached hydrogens (tertiary/aromatic N) is 7. The first-order chi connectivity index (χ1) is 14.7. The van der Waals surface area contributed by atoms with Crippen LogP contribution in [0.25, 0.3) is 0 Å². The van der Waals surface area contributed by atoms with Crippen LogP contribution in [0.2, 0.25) is 0 Å². The summed E-state index contributed by atoms with van der Waals surface area (Å²) in [4.78, 5) is 14.6. The van der Waals surface area contributed by atoms with Gasteiger partial charge in [0.05, 0.1) is 12.2 Å². The first-order valence-electron chi connectivity index (χ1n) is 11.0. The third-order valence-corrected chi connectivity index (χ3v) is 6.51. The maximum Gasteiger partial charge on any atom is 0.152 e. The third-order valence-electron chi connectivity index (χ3n) is 6.51. The molecule has 0 N–H and O–H groups in total. The number of rotatable bonds is 4. The summed E-state index contributed by atoms with van der Waals surface area (Å²) in [5.74, 6) is 4.88. The largest absolute Gasteiger partial charge is 0.347 e. The van der Waals surface area contributed by atoms with E-state index in [-0.39, 0.29) is 0 Å². The van der Waals surface area contributed by atoms with E-state index in [4.69, 9.17) is 9.97 Å². The first kappa shape index (κ1) is 18.0. The second kappa shape index (κ2) is 7.16. The zero-order chi connectivity index (χ0) is 20.1. The summed E-state index contributed by atoms with van der Waals surface area (Å²) in [6.07, 6.45) is 3.52. The predicted molar refractivity (Wildman–Crippen MR) is 114 cm³/mol. The Labute approximate surface area is 176 Å². The minimum absolute atomic E-state index is 0.641. The molecule has 7 heteroatoms. The summed E-state index contributed by atoms with van der Waals surface area (Å²) >= 11 is 0. The molecule has 1 aliphatic carbocycles. The van der Waals surface area contributed by atoms with Crippen LogP contribution in [0.3, 0.4) is 0 Å². The van der Waals surface area contributed by atoms with Gasteiger partial charge >= 0.3 is 0 Å². The standard InChI is InChI=1S/C23H27N7/c1-16-24-20-14-28(13-17-5-3-2-4-6-17)10-9-19(20)23(25-16)29-11-12-30-21(15-29)26-27-22(30)18-7-8-18/h2-6,18H,7-15H2,1H3. The predicted octanol–water partition coefficient (Wildman–Crippen LogP) is 2.83. The Morgan fingerprint density at radius 2 is 1.83 bits per heavy atom. The molecule has 2 aromatic heterocycles. The fourth-order valence-electron chi connectivity index (χ4n) is 4.83. The highest BCUT2D eigenvalue weighted by Crippen LogP contribution is 2.40. The maximum absolute atomic E-state index is 4.89. The first-order valence-corrected chi connectivity index (χ1v) is 11.0. The van der Waals surface area contributed by atoms with E-state index in [0.29, 0.717) is 5.92 Å². The second-order valence-corrected chi connectivity index (χ2v) is 8.79. The lowest BCUT2D eigenvalue weighted by Gasteiger charge is -2.34. The van der Waals surface area contributed by atoms with Crippen molar-refractivity contribution in [1.29, 1.82) is 0 Å². The molecule has 7 nitrogen and oxygen atoms in total. The molecule has 1 aromatic carbocycles. The summed E-state index contributed by atoms with van der Waals surface area (Å²) < 4.78 is 2.34. The maximum atomic E-state index is 4.89. The Balaban J connectivity index is 1.25. The van der Waals surface area contributed by atoms with Gasteiger partial charge in [0, 0.05) is 44.2 Å². The quantitative estimate of drug-likeness (QED) is 0.670. The van der Waals surface area contributed by atoms with Gasteiger partial charge in [-0.1, -0.05) is 30.3 Å². The number of anilines is 1. The van der Waals surface area contributed by atoms with E-state index in [1.165, 1.54) is 35.5 Å². The van der Waals surface area contributed by atoms with Gasteiger partial charge in [0.25, 0.3) is 0 Å². The lowest BCUT2D eigenvalue weighted by atomic mass is 10.0. The van der Waals surface area contributed by atoms with Crippen LogP contribution in [0.1, 0.15) is 53.1 Å². The van der Waals surface area contributed by atoms with Crippen molar-refractivity contribution in [2.75, 3.05) is 18.0 Å². The van der Waals surface area contributed by atoms with Crippen molar-refractivity contribution in [1.82, 2.24) is 29.6 Å². The molecule has 0 bridgehead atoms. The van der Waals surface area contributed by atoms with E-state index in [1.54, 1.807) is 0 Å². The molecule has 1 fully saturated rings. The molecular formula is C23H27N7. The highest BCUT2D eigenvalue weighted by molar-refractivity contribution is 5.51. The monoisotopic (exact) mass is 401 g/mol. The van der Waals surface area contributed by atoms with Gasteiger partial charge in [0.15, 0.2) is 5.82 Å². The molecule has 0 radical (unpaired) electrons. The second-order valence-electron chi connectivity index (χ2n) is 8.79. The number of aromatic nitrogens is 5. The molecule has 154 valence electrons. The van der Waals surface area contributed by atoms with Crippen molar-refractivity contribution < 1.29 is 0 Å². The Bertz CT molecular complexity index is 1070. The molecule has 0 atom stereocenters. The average molecular weight is 402 g/mol. The van der Waals surface area contributed by atoms with E-state index in [9.17, 15) is 0 Å². The van der Waals surface area contributed by atoms with Gasteiger partial charge < -0.3 is 9.47 Å². The lowest BCUT2D eigenvalue weighted by Crippen LogP contribution is -2.38. The van der Waals surface area contributed by atoms with E-state index in [1.807, 2.05) is 6.92 Å². The van der Waals surface area contributed by atoms with Crippen LogP contribution >= 0.6 is 0 Å². The molecule has 0 saturated heterocycles. The van der Waals surface area contributed by atoms with Crippen molar-refractivity contribution in [3.05, 3.63) is 64.6 Å². The van der Waals surface area contributed by atoms with E-state index >= 15 is 0 Å². The zero-order valence-electron chi connectivity index (χ0n) is 17.5. The van der Waals surface area contributed by atoms with Gasteiger partial charge in [-0.2, -0.15) is 0 Å². The Morgan fingerprint density at radius 3 is 2.67 bits per heavy atom. The Morgan fingerprint density at radius 1 is 0.967 bits per heavy atom. The van der Waals surface area contributed by atoms with Crippen molar-refractivity contribution in [3.63, 3.8) is 0 Å². The van der Waals surface area contributed by atoms with Crippen LogP contribution < -0.4 is 4.90 Å².